The second-order valence-corrected chi connectivity index (χ2v) is 9.44. The van der Waals surface area contributed by atoms with Crippen LogP contribution in [-0.2, 0) is 17.8 Å². The van der Waals surface area contributed by atoms with Gasteiger partial charge in [0.25, 0.3) is 0 Å². The monoisotopic (exact) mass is 490 g/mol. The summed E-state index contributed by atoms with van der Waals surface area (Å²) >= 11 is 0. The van der Waals surface area contributed by atoms with E-state index in [0.29, 0.717) is 30.4 Å². The fraction of sp³-hybridized carbons (Fsp3) is 0.462. The van der Waals surface area contributed by atoms with E-state index < -0.39 is 0 Å². The Morgan fingerprint density at radius 3 is 2.78 bits per heavy atom. The van der Waals surface area contributed by atoms with Crippen molar-refractivity contribution in [1.82, 2.24) is 29.6 Å². The largest absolute Gasteiger partial charge is 0.396 e. The number of ether oxygens (including phenoxy) is 1. The standard InChI is InChI=1S/C26H34N8O2/c1-3-5-19(9-11-35)30-25-24-22(31-26(27)32-25)12-29-34(24)14-18-8-7-17(13-33-15-20(16-33)36-2)21-6-4-10-28-23(18)21/h4,6-8,10,12,19-20,35H,3,5,9,11,13-16H2,1-2H3,(H3,27,30,31,32). The number of anilines is 2. The number of aliphatic hydroxyl groups is 1. The minimum atomic E-state index is 0.0850. The first-order valence-electron chi connectivity index (χ1n) is 12.6. The average Bonchev–Trinajstić information content (AvgIpc) is 3.25. The molecule has 4 heterocycles. The summed E-state index contributed by atoms with van der Waals surface area (Å²) in [5.41, 5.74) is 10.8. The topological polar surface area (TPSA) is 127 Å². The lowest BCUT2D eigenvalue weighted by Gasteiger charge is -2.38. The highest BCUT2D eigenvalue weighted by Gasteiger charge is 2.26. The van der Waals surface area contributed by atoms with Crippen LogP contribution in [0.5, 0.6) is 0 Å². The van der Waals surface area contributed by atoms with Crippen molar-refractivity contribution in [1.29, 1.82) is 0 Å². The third-order valence-electron chi connectivity index (χ3n) is 6.88. The van der Waals surface area contributed by atoms with Gasteiger partial charge in [0, 0.05) is 51.0 Å². The van der Waals surface area contributed by atoms with Crippen LogP contribution in [0, 0.1) is 0 Å². The highest BCUT2D eigenvalue weighted by molar-refractivity contribution is 5.88. The molecule has 3 aromatic heterocycles. The van der Waals surface area contributed by atoms with Crippen LogP contribution in [-0.4, -0.2) is 73.7 Å². The molecule has 1 atom stereocenters. The van der Waals surface area contributed by atoms with Crippen molar-refractivity contribution in [3.8, 4) is 0 Å². The van der Waals surface area contributed by atoms with E-state index >= 15 is 0 Å². The Balaban J connectivity index is 1.47. The number of likely N-dealkylation sites (tertiary alicyclic amines) is 1. The van der Waals surface area contributed by atoms with Crippen LogP contribution in [0.4, 0.5) is 11.8 Å². The number of aromatic nitrogens is 5. The van der Waals surface area contributed by atoms with E-state index in [-0.39, 0.29) is 18.6 Å². The molecule has 0 bridgehead atoms. The Morgan fingerprint density at radius 2 is 2.00 bits per heavy atom. The first-order chi connectivity index (χ1) is 17.6. The summed E-state index contributed by atoms with van der Waals surface area (Å²) in [7, 11) is 1.77. The normalized spacial score (nSPS) is 15.4. The molecule has 4 aromatic rings. The van der Waals surface area contributed by atoms with Crippen molar-refractivity contribution >= 4 is 33.7 Å². The number of benzene rings is 1. The summed E-state index contributed by atoms with van der Waals surface area (Å²) in [4.78, 5) is 16.0. The molecular weight excluding hydrogens is 456 g/mol. The summed E-state index contributed by atoms with van der Waals surface area (Å²) in [6.45, 7) is 5.53. The van der Waals surface area contributed by atoms with Crippen LogP contribution in [0.1, 0.15) is 37.3 Å². The zero-order chi connectivity index (χ0) is 25.1. The van der Waals surface area contributed by atoms with Crippen LogP contribution in [0.3, 0.4) is 0 Å². The first kappa shape index (κ1) is 24.4. The molecule has 10 nitrogen and oxygen atoms in total. The third-order valence-corrected chi connectivity index (χ3v) is 6.88. The number of pyridine rings is 1. The number of hydrogen-bond donors (Lipinski definition) is 3. The van der Waals surface area contributed by atoms with Gasteiger partial charge in [-0.2, -0.15) is 10.1 Å². The number of fused-ring (bicyclic) bond motifs is 2. The fourth-order valence-corrected chi connectivity index (χ4v) is 4.98. The minimum absolute atomic E-state index is 0.0850. The van der Waals surface area contributed by atoms with E-state index in [1.54, 1.807) is 13.3 Å². The van der Waals surface area contributed by atoms with Crippen molar-refractivity contribution in [2.75, 3.05) is 37.9 Å². The van der Waals surface area contributed by atoms with E-state index in [9.17, 15) is 5.11 Å². The van der Waals surface area contributed by atoms with E-state index in [0.717, 1.165) is 54.5 Å². The lowest BCUT2D eigenvalue weighted by molar-refractivity contribution is -0.0332. The maximum absolute atomic E-state index is 9.51. The maximum atomic E-state index is 9.51. The molecule has 0 saturated carbocycles. The summed E-state index contributed by atoms with van der Waals surface area (Å²) in [5.74, 6) is 0.836. The van der Waals surface area contributed by atoms with Crippen molar-refractivity contribution in [2.24, 2.45) is 0 Å². The van der Waals surface area contributed by atoms with Gasteiger partial charge in [-0.3, -0.25) is 14.6 Å². The molecular formula is C26H34N8O2. The Bertz CT molecular complexity index is 1330. The van der Waals surface area contributed by atoms with Crippen LogP contribution < -0.4 is 11.1 Å². The van der Waals surface area contributed by atoms with E-state index in [2.05, 4.69) is 50.4 Å². The molecule has 0 radical (unpaired) electrons. The molecule has 1 aliphatic heterocycles. The van der Waals surface area contributed by atoms with Gasteiger partial charge < -0.3 is 20.9 Å². The number of rotatable bonds is 11. The summed E-state index contributed by atoms with van der Waals surface area (Å²) in [6, 6.07) is 8.54. The third kappa shape index (κ3) is 4.97. The van der Waals surface area contributed by atoms with Crippen LogP contribution in [0.25, 0.3) is 21.9 Å². The predicted octanol–water partition coefficient (Wildman–Crippen LogP) is 2.80. The Hall–Kier alpha value is -3.34. The van der Waals surface area contributed by atoms with Gasteiger partial charge in [0.1, 0.15) is 11.0 Å². The molecule has 1 fully saturated rings. The SMILES string of the molecule is CCCC(CCO)Nc1nc(N)nc2cnn(Cc3ccc(CN4CC(OC)C4)c4cccnc34)c12. The van der Waals surface area contributed by atoms with E-state index in [1.807, 2.05) is 16.9 Å². The molecule has 0 aliphatic carbocycles. The van der Waals surface area contributed by atoms with Gasteiger partial charge in [-0.15, -0.1) is 0 Å². The molecule has 190 valence electrons. The second-order valence-electron chi connectivity index (χ2n) is 9.44. The average molecular weight is 491 g/mol. The minimum Gasteiger partial charge on any atom is -0.396 e. The van der Waals surface area contributed by atoms with Crippen molar-refractivity contribution in [3.63, 3.8) is 0 Å². The second kappa shape index (κ2) is 10.7. The van der Waals surface area contributed by atoms with E-state index in [1.165, 1.54) is 5.56 Å². The molecule has 1 saturated heterocycles. The Morgan fingerprint density at radius 1 is 1.17 bits per heavy atom. The number of aliphatic hydroxyl groups excluding tert-OH is 1. The molecule has 0 amide bonds. The zero-order valence-corrected chi connectivity index (χ0v) is 20.9. The number of nitrogens with two attached hydrogens (primary N) is 1. The molecule has 1 aromatic carbocycles. The lowest BCUT2D eigenvalue weighted by atomic mass is 10.0. The predicted molar refractivity (Wildman–Crippen MR) is 141 cm³/mol. The van der Waals surface area contributed by atoms with Gasteiger partial charge in [0.15, 0.2) is 5.82 Å². The molecule has 4 N–H and O–H groups in total. The number of methoxy groups -OCH3 is 1. The molecule has 1 aliphatic rings. The van der Waals surface area contributed by atoms with Gasteiger partial charge in [0.2, 0.25) is 5.95 Å². The van der Waals surface area contributed by atoms with Gasteiger partial charge in [-0.1, -0.05) is 31.5 Å². The van der Waals surface area contributed by atoms with Crippen molar-refractivity contribution < 1.29 is 9.84 Å². The number of nitrogen functional groups attached to an aromatic ring is 1. The highest BCUT2D eigenvalue weighted by atomic mass is 16.5. The van der Waals surface area contributed by atoms with Crippen molar-refractivity contribution in [2.45, 2.75) is 51.4 Å². The molecule has 36 heavy (non-hydrogen) atoms. The molecule has 5 rings (SSSR count). The molecule has 10 heteroatoms. The molecule has 1 unspecified atom stereocenters. The summed E-state index contributed by atoms with van der Waals surface area (Å²) < 4.78 is 7.33. The molecule has 0 spiro atoms. The van der Waals surface area contributed by atoms with Gasteiger partial charge >= 0.3 is 0 Å². The van der Waals surface area contributed by atoms with Gasteiger partial charge in [0.05, 0.1) is 24.4 Å². The van der Waals surface area contributed by atoms with E-state index in [4.69, 9.17) is 15.5 Å². The first-order valence-corrected chi connectivity index (χ1v) is 12.6. The summed E-state index contributed by atoms with van der Waals surface area (Å²) in [6.07, 6.45) is 6.43. The zero-order valence-electron chi connectivity index (χ0n) is 20.9. The summed E-state index contributed by atoms with van der Waals surface area (Å²) in [5, 5.41) is 18.8. The Labute approximate surface area is 210 Å². The van der Waals surface area contributed by atoms with Gasteiger partial charge in [-0.25, -0.2) is 4.98 Å². The number of hydrogen-bond acceptors (Lipinski definition) is 9. The van der Waals surface area contributed by atoms with Crippen LogP contribution >= 0.6 is 0 Å². The van der Waals surface area contributed by atoms with Gasteiger partial charge in [-0.05, 0) is 30.0 Å². The van der Waals surface area contributed by atoms with Crippen molar-refractivity contribution in [3.05, 3.63) is 47.8 Å². The lowest BCUT2D eigenvalue weighted by Crippen LogP contribution is -2.50. The smallest absolute Gasteiger partial charge is 0.222 e. The van der Waals surface area contributed by atoms with Crippen LogP contribution in [0.2, 0.25) is 0 Å². The highest BCUT2D eigenvalue weighted by Crippen LogP contribution is 2.28. The number of nitrogens with zero attached hydrogens (tertiary/aromatic N) is 6. The fourth-order valence-electron chi connectivity index (χ4n) is 4.98. The maximum Gasteiger partial charge on any atom is 0.222 e. The number of nitrogens with one attached hydrogen (secondary N) is 1. The quantitative estimate of drug-likeness (QED) is 0.291. The van der Waals surface area contributed by atoms with Crippen LogP contribution in [0.15, 0.2) is 36.7 Å². The Kier molecular flexibility index (Phi) is 7.26.